The standard InChI is InChI=1S/C14H10ClFN2O2S2/c1-18-13-11(15)3-2-4-12(13)21-14(18)17-22(19,20)10-7-5-9(16)6-8-10/h2-8H,1H3. The average Bonchev–Trinajstić information content (AvgIpc) is 2.76. The number of halogens is 2. The van der Waals surface area contributed by atoms with Crippen LogP contribution in [0.25, 0.3) is 10.2 Å². The van der Waals surface area contributed by atoms with Crippen molar-refractivity contribution in [2.45, 2.75) is 4.90 Å². The number of hydrogen-bond acceptors (Lipinski definition) is 3. The molecule has 4 nitrogen and oxygen atoms in total. The van der Waals surface area contributed by atoms with Gasteiger partial charge in [0.25, 0.3) is 10.0 Å². The van der Waals surface area contributed by atoms with Gasteiger partial charge in [-0.1, -0.05) is 29.0 Å². The Hall–Kier alpha value is -1.70. The largest absolute Gasteiger partial charge is 0.318 e. The van der Waals surface area contributed by atoms with Crippen LogP contribution in [0.1, 0.15) is 0 Å². The molecule has 0 aliphatic carbocycles. The van der Waals surface area contributed by atoms with Gasteiger partial charge >= 0.3 is 0 Å². The zero-order chi connectivity index (χ0) is 15.9. The molecule has 8 heteroatoms. The Morgan fingerprint density at radius 2 is 1.86 bits per heavy atom. The summed E-state index contributed by atoms with van der Waals surface area (Å²) in [4.78, 5) is 0.241. The number of benzene rings is 2. The fourth-order valence-electron chi connectivity index (χ4n) is 2.01. The van der Waals surface area contributed by atoms with Crippen LogP contribution in [-0.2, 0) is 17.1 Å². The van der Waals surface area contributed by atoms with Gasteiger partial charge in [-0.2, -0.15) is 8.42 Å². The summed E-state index contributed by atoms with van der Waals surface area (Å²) in [6, 6.07) is 9.92. The molecule has 0 aliphatic rings. The van der Waals surface area contributed by atoms with Gasteiger partial charge < -0.3 is 4.57 Å². The van der Waals surface area contributed by atoms with Crippen LogP contribution in [0.4, 0.5) is 4.39 Å². The Kier molecular flexibility index (Phi) is 3.80. The number of aryl methyl sites for hydroxylation is 1. The molecule has 0 N–H and O–H groups in total. The lowest BCUT2D eigenvalue weighted by molar-refractivity contribution is 0.595. The summed E-state index contributed by atoms with van der Waals surface area (Å²) in [5.41, 5.74) is 0.724. The molecule has 0 bridgehead atoms. The molecule has 22 heavy (non-hydrogen) atoms. The second kappa shape index (κ2) is 5.49. The van der Waals surface area contributed by atoms with Crippen LogP contribution in [0.5, 0.6) is 0 Å². The number of hydrogen-bond donors (Lipinski definition) is 0. The van der Waals surface area contributed by atoms with Crippen molar-refractivity contribution in [1.29, 1.82) is 0 Å². The zero-order valence-corrected chi connectivity index (χ0v) is 13.7. The van der Waals surface area contributed by atoms with E-state index in [1.807, 2.05) is 6.07 Å². The van der Waals surface area contributed by atoms with E-state index in [0.717, 1.165) is 22.3 Å². The van der Waals surface area contributed by atoms with E-state index >= 15 is 0 Å². The SMILES string of the molecule is Cn1c(=NS(=O)(=O)c2ccc(F)cc2)sc2cccc(Cl)c21. The first-order chi connectivity index (χ1) is 10.4. The second-order valence-corrected chi connectivity index (χ2v) is 7.57. The van der Waals surface area contributed by atoms with Gasteiger partial charge in [-0.25, -0.2) is 4.39 Å². The lowest BCUT2D eigenvalue weighted by Gasteiger charge is -1.99. The Balaban J connectivity index is 2.22. The summed E-state index contributed by atoms with van der Waals surface area (Å²) in [5, 5.41) is 0.525. The molecule has 3 rings (SSSR count). The minimum absolute atomic E-state index is 0.0579. The van der Waals surface area contributed by atoms with Crippen molar-refractivity contribution in [3.8, 4) is 0 Å². The van der Waals surface area contributed by atoms with Crippen LogP contribution in [0.15, 0.2) is 51.8 Å². The molecule has 0 fully saturated rings. The van der Waals surface area contributed by atoms with Crippen molar-refractivity contribution in [2.75, 3.05) is 0 Å². The van der Waals surface area contributed by atoms with Crippen LogP contribution in [-0.4, -0.2) is 13.0 Å². The number of fused-ring (bicyclic) bond motifs is 1. The molecular weight excluding hydrogens is 347 g/mol. The molecule has 0 spiro atoms. The first-order valence-corrected chi connectivity index (χ1v) is 8.82. The summed E-state index contributed by atoms with van der Waals surface area (Å²) in [7, 11) is -2.21. The molecule has 0 saturated carbocycles. The normalized spacial score (nSPS) is 13.0. The fraction of sp³-hybridized carbons (Fsp3) is 0.0714. The summed E-state index contributed by atoms with van der Waals surface area (Å²) < 4.78 is 43.8. The van der Waals surface area contributed by atoms with E-state index in [9.17, 15) is 12.8 Å². The Morgan fingerprint density at radius 3 is 2.50 bits per heavy atom. The van der Waals surface area contributed by atoms with Crippen LogP contribution in [0.2, 0.25) is 5.02 Å². The maximum absolute atomic E-state index is 12.9. The molecule has 0 radical (unpaired) electrons. The maximum Gasteiger partial charge on any atom is 0.285 e. The van der Waals surface area contributed by atoms with Crippen molar-refractivity contribution in [2.24, 2.45) is 11.4 Å². The van der Waals surface area contributed by atoms with Crippen LogP contribution in [0, 0.1) is 5.82 Å². The van der Waals surface area contributed by atoms with E-state index in [1.165, 1.54) is 23.5 Å². The topological polar surface area (TPSA) is 51.4 Å². The van der Waals surface area contributed by atoms with Crippen molar-refractivity contribution in [3.63, 3.8) is 0 Å². The van der Waals surface area contributed by atoms with Gasteiger partial charge in [-0.05, 0) is 36.4 Å². The molecule has 1 heterocycles. The van der Waals surface area contributed by atoms with E-state index in [2.05, 4.69) is 4.40 Å². The third-order valence-corrected chi connectivity index (χ3v) is 5.88. The lowest BCUT2D eigenvalue weighted by atomic mass is 10.3. The monoisotopic (exact) mass is 356 g/mol. The highest BCUT2D eigenvalue weighted by Gasteiger charge is 2.14. The van der Waals surface area contributed by atoms with Gasteiger partial charge in [0.05, 0.1) is 20.1 Å². The quantitative estimate of drug-likeness (QED) is 0.707. The van der Waals surface area contributed by atoms with Crippen LogP contribution in [0.3, 0.4) is 0 Å². The second-order valence-electron chi connectivity index (χ2n) is 4.55. The van der Waals surface area contributed by atoms with Gasteiger partial charge in [0, 0.05) is 7.05 Å². The minimum atomic E-state index is -3.91. The third kappa shape index (κ3) is 2.67. The number of para-hydroxylation sites is 1. The van der Waals surface area contributed by atoms with Gasteiger partial charge in [-0.3, -0.25) is 0 Å². The highest BCUT2D eigenvalue weighted by atomic mass is 35.5. The predicted octanol–water partition coefficient (Wildman–Crippen LogP) is 3.32. The summed E-state index contributed by atoms with van der Waals surface area (Å²) in [5.74, 6) is -0.502. The molecule has 0 saturated heterocycles. The molecule has 0 aliphatic heterocycles. The molecule has 0 unspecified atom stereocenters. The molecule has 1 aromatic heterocycles. The third-order valence-electron chi connectivity index (χ3n) is 3.08. The highest BCUT2D eigenvalue weighted by molar-refractivity contribution is 7.90. The summed E-state index contributed by atoms with van der Waals surface area (Å²) >= 11 is 7.36. The molecule has 114 valence electrons. The van der Waals surface area contributed by atoms with Gasteiger partial charge in [0.2, 0.25) is 4.80 Å². The van der Waals surface area contributed by atoms with Crippen LogP contribution >= 0.6 is 22.9 Å². The first-order valence-electron chi connectivity index (χ1n) is 6.19. The van der Waals surface area contributed by atoms with Gasteiger partial charge in [0.15, 0.2) is 0 Å². The summed E-state index contributed by atoms with van der Waals surface area (Å²) in [6.07, 6.45) is 0. The minimum Gasteiger partial charge on any atom is -0.318 e. The number of nitrogens with zero attached hydrogens (tertiary/aromatic N) is 2. The molecule has 0 amide bonds. The van der Waals surface area contributed by atoms with E-state index in [1.54, 1.807) is 23.7 Å². The fourth-order valence-corrected chi connectivity index (χ4v) is 4.64. The van der Waals surface area contributed by atoms with Gasteiger partial charge in [0.1, 0.15) is 5.82 Å². The van der Waals surface area contributed by atoms with E-state index < -0.39 is 15.8 Å². The Morgan fingerprint density at radius 1 is 1.18 bits per heavy atom. The smallest absolute Gasteiger partial charge is 0.285 e. The van der Waals surface area contributed by atoms with Crippen molar-refractivity contribution >= 4 is 43.2 Å². The number of aromatic nitrogens is 1. The Labute approximate surface area is 135 Å². The Bertz CT molecular complexity index is 1020. The average molecular weight is 357 g/mol. The lowest BCUT2D eigenvalue weighted by Crippen LogP contribution is -2.13. The number of thiazole rings is 1. The summed E-state index contributed by atoms with van der Waals surface area (Å²) in [6.45, 7) is 0. The van der Waals surface area contributed by atoms with Crippen molar-refractivity contribution < 1.29 is 12.8 Å². The highest BCUT2D eigenvalue weighted by Crippen LogP contribution is 2.24. The predicted molar refractivity (Wildman–Crippen MR) is 85.0 cm³/mol. The van der Waals surface area contributed by atoms with Crippen molar-refractivity contribution in [1.82, 2.24) is 4.57 Å². The van der Waals surface area contributed by atoms with E-state index in [-0.39, 0.29) is 4.90 Å². The molecule has 2 aromatic carbocycles. The van der Waals surface area contributed by atoms with E-state index in [0.29, 0.717) is 9.82 Å². The maximum atomic E-state index is 12.9. The van der Waals surface area contributed by atoms with Crippen LogP contribution < -0.4 is 4.80 Å². The molecular formula is C14H10ClFN2O2S2. The number of sulfonamides is 1. The first kappa shape index (κ1) is 15.2. The molecule has 3 aromatic rings. The van der Waals surface area contributed by atoms with Gasteiger partial charge in [-0.15, -0.1) is 4.40 Å². The number of rotatable bonds is 2. The zero-order valence-electron chi connectivity index (χ0n) is 11.3. The van der Waals surface area contributed by atoms with E-state index in [4.69, 9.17) is 11.6 Å². The molecule has 0 atom stereocenters. The van der Waals surface area contributed by atoms with Crippen molar-refractivity contribution in [3.05, 3.63) is 58.1 Å².